The highest BCUT2D eigenvalue weighted by molar-refractivity contribution is 5.93. The van der Waals surface area contributed by atoms with Crippen molar-refractivity contribution in [3.63, 3.8) is 0 Å². The van der Waals surface area contributed by atoms with E-state index in [0.29, 0.717) is 5.56 Å². The standard InChI is InChI=1S/C21H28O2/c1-2-3-4-5-6-7-8-11-14-23-21-16-18(17-22)15-19-12-9-10-13-20(19)21/h9-10,12-13,15-17H,2-8,11,14H2,1H3. The van der Waals surface area contributed by atoms with Gasteiger partial charge in [0.2, 0.25) is 0 Å². The minimum atomic E-state index is 0.676. The summed E-state index contributed by atoms with van der Waals surface area (Å²) in [6, 6.07) is 11.8. The number of hydrogen-bond acceptors (Lipinski definition) is 2. The van der Waals surface area contributed by atoms with Gasteiger partial charge in [-0.1, -0.05) is 76.1 Å². The van der Waals surface area contributed by atoms with Crippen LogP contribution in [0.5, 0.6) is 5.75 Å². The Labute approximate surface area is 139 Å². The zero-order chi connectivity index (χ0) is 16.3. The summed E-state index contributed by atoms with van der Waals surface area (Å²) in [4.78, 5) is 11.1. The molecule has 0 aliphatic carbocycles. The first-order valence-electron chi connectivity index (χ1n) is 8.96. The summed E-state index contributed by atoms with van der Waals surface area (Å²) in [5.74, 6) is 0.827. The maximum Gasteiger partial charge on any atom is 0.150 e. The highest BCUT2D eigenvalue weighted by atomic mass is 16.5. The van der Waals surface area contributed by atoms with Crippen LogP contribution < -0.4 is 4.74 Å². The molecule has 0 bridgehead atoms. The number of unbranched alkanes of at least 4 members (excludes halogenated alkanes) is 7. The van der Waals surface area contributed by atoms with E-state index in [4.69, 9.17) is 4.74 Å². The van der Waals surface area contributed by atoms with Gasteiger partial charge in [-0.05, 0) is 23.9 Å². The summed E-state index contributed by atoms with van der Waals surface area (Å²) >= 11 is 0. The molecule has 23 heavy (non-hydrogen) atoms. The molecule has 2 heteroatoms. The van der Waals surface area contributed by atoms with Crippen LogP contribution in [0.3, 0.4) is 0 Å². The first-order valence-corrected chi connectivity index (χ1v) is 8.96. The average molecular weight is 312 g/mol. The minimum absolute atomic E-state index is 0.676. The molecule has 0 spiro atoms. The second-order valence-corrected chi connectivity index (χ2v) is 6.18. The van der Waals surface area contributed by atoms with Gasteiger partial charge in [0.25, 0.3) is 0 Å². The molecule has 2 aromatic carbocycles. The van der Waals surface area contributed by atoms with Crippen LogP contribution in [0.15, 0.2) is 36.4 Å². The number of fused-ring (bicyclic) bond motifs is 1. The molecule has 0 radical (unpaired) electrons. The zero-order valence-corrected chi connectivity index (χ0v) is 14.2. The normalized spacial score (nSPS) is 10.8. The van der Waals surface area contributed by atoms with Gasteiger partial charge in [0, 0.05) is 10.9 Å². The lowest BCUT2D eigenvalue weighted by Gasteiger charge is -2.10. The maximum atomic E-state index is 11.1. The molecule has 0 amide bonds. The van der Waals surface area contributed by atoms with Gasteiger partial charge in [-0.15, -0.1) is 0 Å². The van der Waals surface area contributed by atoms with Gasteiger partial charge in [0.05, 0.1) is 6.61 Å². The number of carbonyl (C=O) groups excluding carboxylic acids is 1. The summed E-state index contributed by atoms with van der Waals surface area (Å²) in [6.45, 7) is 2.97. The van der Waals surface area contributed by atoms with Crippen molar-refractivity contribution in [1.29, 1.82) is 0 Å². The molecule has 2 nitrogen and oxygen atoms in total. The van der Waals surface area contributed by atoms with Crippen LogP contribution in [0.2, 0.25) is 0 Å². The van der Waals surface area contributed by atoms with E-state index in [2.05, 4.69) is 6.92 Å². The number of carbonyl (C=O) groups is 1. The lowest BCUT2D eigenvalue weighted by molar-refractivity contribution is 0.112. The van der Waals surface area contributed by atoms with Crippen molar-refractivity contribution in [2.24, 2.45) is 0 Å². The Morgan fingerprint density at radius 1 is 0.913 bits per heavy atom. The second kappa shape index (κ2) is 10.0. The molecule has 0 aromatic heterocycles. The van der Waals surface area contributed by atoms with Crippen LogP contribution in [0, 0.1) is 0 Å². The fourth-order valence-electron chi connectivity index (χ4n) is 2.90. The van der Waals surface area contributed by atoms with Crippen molar-refractivity contribution in [3.8, 4) is 5.75 Å². The molecule has 0 fully saturated rings. The minimum Gasteiger partial charge on any atom is -0.493 e. The first kappa shape index (κ1) is 17.5. The van der Waals surface area contributed by atoms with Crippen LogP contribution in [0.1, 0.15) is 68.6 Å². The number of aldehydes is 1. The van der Waals surface area contributed by atoms with Gasteiger partial charge < -0.3 is 4.74 Å². The predicted octanol–water partition coefficient (Wildman–Crippen LogP) is 6.17. The molecule has 0 aliphatic heterocycles. The van der Waals surface area contributed by atoms with Crippen molar-refractivity contribution in [2.75, 3.05) is 6.61 Å². The Kier molecular flexibility index (Phi) is 7.65. The van der Waals surface area contributed by atoms with Gasteiger partial charge >= 0.3 is 0 Å². The van der Waals surface area contributed by atoms with Gasteiger partial charge in [-0.2, -0.15) is 0 Å². The van der Waals surface area contributed by atoms with Crippen LogP contribution in [0.4, 0.5) is 0 Å². The smallest absolute Gasteiger partial charge is 0.150 e. The van der Waals surface area contributed by atoms with Gasteiger partial charge in [-0.25, -0.2) is 0 Å². The Hall–Kier alpha value is -1.83. The Balaban J connectivity index is 1.77. The number of rotatable bonds is 11. The van der Waals surface area contributed by atoms with Crippen LogP contribution in [-0.4, -0.2) is 12.9 Å². The molecule has 0 aliphatic rings. The molecule has 0 saturated heterocycles. The number of ether oxygens (including phenoxy) is 1. The first-order chi connectivity index (χ1) is 11.3. The van der Waals surface area contributed by atoms with Gasteiger partial charge in [-0.3, -0.25) is 4.79 Å². The van der Waals surface area contributed by atoms with E-state index in [1.165, 1.54) is 44.9 Å². The Morgan fingerprint density at radius 2 is 1.61 bits per heavy atom. The molecule has 0 unspecified atom stereocenters. The summed E-state index contributed by atoms with van der Waals surface area (Å²) in [6.07, 6.45) is 11.2. The van der Waals surface area contributed by atoms with Crippen molar-refractivity contribution in [2.45, 2.75) is 58.3 Å². The van der Waals surface area contributed by atoms with E-state index in [9.17, 15) is 4.79 Å². The van der Waals surface area contributed by atoms with Crippen LogP contribution >= 0.6 is 0 Å². The average Bonchev–Trinajstić information content (AvgIpc) is 2.60. The van der Waals surface area contributed by atoms with E-state index in [0.717, 1.165) is 35.8 Å². The lowest BCUT2D eigenvalue weighted by atomic mass is 10.1. The SMILES string of the molecule is CCCCCCCCCCOc1cc(C=O)cc2ccccc12. The zero-order valence-electron chi connectivity index (χ0n) is 14.2. The molecule has 0 N–H and O–H groups in total. The van der Waals surface area contributed by atoms with Crippen molar-refractivity contribution in [3.05, 3.63) is 42.0 Å². The molecule has 0 heterocycles. The van der Waals surface area contributed by atoms with E-state index >= 15 is 0 Å². The largest absolute Gasteiger partial charge is 0.493 e. The van der Waals surface area contributed by atoms with Crippen molar-refractivity contribution >= 4 is 17.1 Å². The van der Waals surface area contributed by atoms with Gasteiger partial charge in [0.15, 0.2) is 0 Å². The van der Waals surface area contributed by atoms with Gasteiger partial charge in [0.1, 0.15) is 12.0 Å². The fraction of sp³-hybridized carbons (Fsp3) is 0.476. The second-order valence-electron chi connectivity index (χ2n) is 6.18. The summed E-state index contributed by atoms with van der Waals surface area (Å²) in [5.41, 5.74) is 0.676. The number of benzene rings is 2. The third-order valence-electron chi connectivity index (χ3n) is 4.24. The van der Waals surface area contributed by atoms with E-state index in [1.807, 2.05) is 36.4 Å². The monoisotopic (exact) mass is 312 g/mol. The Bertz CT molecular complexity index is 604. The molecule has 2 rings (SSSR count). The third-order valence-corrected chi connectivity index (χ3v) is 4.24. The van der Waals surface area contributed by atoms with E-state index in [-0.39, 0.29) is 0 Å². The molecule has 124 valence electrons. The quantitative estimate of drug-likeness (QED) is 0.366. The fourth-order valence-corrected chi connectivity index (χ4v) is 2.90. The molecule has 0 atom stereocenters. The van der Waals surface area contributed by atoms with E-state index in [1.54, 1.807) is 0 Å². The summed E-state index contributed by atoms with van der Waals surface area (Å²) < 4.78 is 5.95. The highest BCUT2D eigenvalue weighted by Crippen LogP contribution is 2.27. The third kappa shape index (κ3) is 5.70. The molecular formula is C21H28O2. The van der Waals surface area contributed by atoms with Crippen LogP contribution in [-0.2, 0) is 0 Å². The highest BCUT2D eigenvalue weighted by Gasteiger charge is 2.04. The van der Waals surface area contributed by atoms with Crippen molar-refractivity contribution in [1.82, 2.24) is 0 Å². The van der Waals surface area contributed by atoms with E-state index < -0.39 is 0 Å². The lowest BCUT2D eigenvalue weighted by Crippen LogP contribution is -1.99. The predicted molar refractivity (Wildman–Crippen MR) is 97.4 cm³/mol. The molecular weight excluding hydrogens is 284 g/mol. The summed E-state index contributed by atoms with van der Waals surface area (Å²) in [5, 5.41) is 2.14. The molecule has 2 aromatic rings. The maximum absolute atomic E-state index is 11.1. The van der Waals surface area contributed by atoms with Crippen LogP contribution in [0.25, 0.3) is 10.8 Å². The number of hydrogen-bond donors (Lipinski definition) is 0. The molecule has 0 saturated carbocycles. The summed E-state index contributed by atoms with van der Waals surface area (Å²) in [7, 11) is 0. The van der Waals surface area contributed by atoms with Crippen molar-refractivity contribution < 1.29 is 9.53 Å². The topological polar surface area (TPSA) is 26.3 Å². The Morgan fingerprint density at radius 3 is 2.35 bits per heavy atom.